The lowest BCUT2D eigenvalue weighted by Gasteiger charge is -2.18. The number of hydrogen-bond donors (Lipinski definition) is 1. The van der Waals surface area contributed by atoms with E-state index >= 15 is 0 Å². The molecule has 0 atom stereocenters. The second kappa shape index (κ2) is 8.43. The fourth-order valence-electron chi connectivity index (χ4n) is 3.73. The lowest BCUT2D eigenvalue weighted by molar-refractivity contribution is 0.0996. The zero-order valence-electron chi connectivity index (χ0n) is 17.8. The summed E-state index contributed by atoms with van der Waals surface area (Å²) >= 11 is 0. The number of halogens is 1. The quantitative estimate of drug-likeness (QED) is 0.412. The van der Waals surface area contributed by atoms with E-state index in [1.54, 1.807) is 55.5 Å². The number of carbonyl (C=O) groups excluding carboxylic acids is 2. The first kappa shape index (κ1) is 20.8. The molecule has 0 aliphatic carbocycles. The SMILES string of the molecule is Cc1ccc(C(=O)c2oc3ccccc3c2NCC(=O)c2ccc3c(c2)OCCO3)cc1F. The summed E-state index contributed by atoms with van der Waals surface area (Å²) in [6, 6.07) is 16.4. The van der Waals surface area contributed by atoms with Gasteiger partial charge in [0.25, 0.3) is 0 Å². The van der Waals surface area contributed by atoms with Crippen molar-refractivity contribution < 1.29 is 27.9 Å². The lowest BCUT2D eigenvalue weighted by Crippen LogP contribution is -2.18. The van der Waals surface area contributed by atoms with Crippen LogP contribution in [0.2, 0.25) is 0 Å². The van der Waals surface area contributed by atoms with Crippen LogP contribution in [0.4, 0.5) is 10.1 Å². The lowest BCUT2D eigenvalue weighted by atomic mass is 10.0. The normalized spacial score (nSPS) is 12.5. The summed E-state index contributed by atoms with van der Waals surface area (Å²) in [6.45, 7) is 2.44. The van der Waals surface area contributed by atoms with Crippen molar-refractivity contribution in [3.05, 3.63) is 88.9 Å². The number of para-hydroxylation sites is 1. The van der Waals surface area contributed by atoms with Crippen molar-refractivity contribution in [3.63, 3.8) is 0 Å². The molecule has 1 aromatic heterocycles. The highest BCUT2D eigenvalue weighted by atomic mass is 19.1. The molecule has 1 N–H and O–H groups in total. The Morgan fingerprint density at radius 1 is 0.939 bits per heavy atom. The molecule has 0 unspecified atom stereocenters. The van der Waals surface area contributed by atoms with Crippen LogP contribution in [0, 0.1) is 12.7 Å². The molecule has 0 amide bonds. The Hall–Kier alpha value is -4.13. The van der Waals surface area contributed by atoms with Gasteiger partial charge in [-0.2, -0.15) is 0 Å². The summed E-state index contributed by atoms with van der Waals surface area (Å²) in [7, 11) is 0. The van der Waals surface area contributed by atoms with E-state index in [1.165, 1.54) is 6.07 Å². The van der Waals surface area contributed by atoms with E-state index in [1.807, 2.05) is 6.07 Å². The van der Waals surface area contributed by atoms with Gasteiger partial charge in [-0.25, -0.2) is 4.39 Å². The fraction of sp³-hybridized carbons (Fsp3) is 0.154. The number of ketones is 2. The van der Waals surface area contributed by atoms with Crippen LogP contribution < -0.4 is 14.8 Å². The zero-order chi connectivity index (χ0) is 22.9. The number of anilines is 1. The largest absolute Gasteiger partial charge is 0.486 e. The molecule has 7 heteroatoms. The van der Waals surface area contributed by atoms with Crippen molar-refractivity contribution in [1.29, 1.82) is 0 Å². The number of ether oxygens (including phenoxy) is 2. The van der Waals surface area contributed by atoms with Gasteiger partial charge in [0.05, 0.1) is 12.2 Å². The average Bonchev–Trinajstić information content (AvgIpc) is 3.22. The first-order valence-corrected chi connectivity index (χ1v) is 10.5. The Balaban J connectivity index is 1.44. The van der Waals surface area contributed by atoms with Gasteiger partial charge in [0, 0.05) is 16.5 Å². The van der Waals surface area contributed by atoms with E-state index < -0.39 is 11.6 Å². The molecule has 1 aliphatic rings. The third kappa shape index (κ3) is 3.93. The minimum absolute atomic E-state index is 0.0226. The van der Waals surface area contributed by atoms with Crippen molar-refractivity contribution in [2.24, 2.45) is 0 Å². The molecular weight excluding hydrogens is 425 g/mol. The monoisotopic (exact) mass is 445 g/mol. The van der Waals surface area contributed by atoms with Gasteiger partial charge in [0.2, 0.25) is 5.78 Å². The van der Waals surface area contributed by atoms with Gasteiger partial charge < -0.3 is 19.2 Å². The zero-order valence-corrected chi connectivity index (χ0v) is 17.8. The topological polar surface area (TPSA) is 77.8 Å². The van der Waals surface area contributed by atoms with Crippen LogP contribution >= 0.6 is 0 Å². The molecule has 0 saturated carbocycles. The van der Waals surface area contributed by atoms with E-state index in [0.29, 0.717) is 52.5 Å². The van der Waals surface area contributed by atoms with Gasteiger partial charge in [-0.15, -0.1) is 0 Å². The van der Waals surface area contributed by atoms with Crippen LogP contribution in [-0.4, -0.2) is 31.3 Å². The molecule has 0 fully saturated rings. The summed E-state index contributed by atoms with van der Waals surface area (Å²) in [4.78, 5) is 26.0. The number of fused-ring (bicyclic) bond motifs is 2. The number of rotatable bonds is 6. The van der Waals surface area contributed by atoms with E-state index in [2.05, 4.69) is 5.32 Å². The summed E-state index contributed by atoms with van der Waals surface area (Å²) < 4.78 is 30.9. The minimum Gasteiger partial charge on any atom is -0.486 e. The Bertz CT molecular complexity index is 1390. The number of aryl methyl sites for hydroxylation is 1. The van der Waals surface area contributed by atoms with Gasteiger partial charge in [0.15, 0.2) is 23.0 Å². The summed E-state index contributed by atoms with van der Waals surface area (Å²) in [5.74, 6) is 0.00835. The van der Waals surface area contributed by atoms with Gasteiger partial charge in [-0.05, 0) is 48.9 Å². The van der Waals surface area contributed by atoms with E-state index in [-0.39, 0.29) is 23.7 Å². The first-order chi connectivity index (χ1) is 16.0. The Labute approximate surface area is 188 Å². The van der Waals surface area contributed by atoms with Gasteiger partial charge >= 0.3 is 0 Å². The molecule has 0 spiro atoms. The summed E-state index contributed by atoms with van der Waals surface area (Å²) in [5, 5.41) is 3.72. The third-order valence-corrected chi connectivity index (χ3v) is 5.53. The Morgan fingerprint density at radius 3 is 2.52 bits per heavy atom. The molecule has 3 aromatic carbocycles. The highest BCUT2D eigenvalue weighted by Gasteiger charge is 2.23. The standard InChI is InChI=1S/C26H20FNO5/c1-15-6-7-17(12-19(15)27)25(30)26-24(18-4-2-3-5-21(18)33-26)28-14-20(29)16-8-9-22-23(13-16)32-11-10-31-22/h2-9,12-13,28H,10-11,14H2,1H3. The van der Waals surface area contributed by atoms with Crippen LogP contribution in [0.5, 0.6) is 11.5 Å². The van der Waals surface area contributed by atoms with Crippen LogP contribution in [0.15, 0.2) is 65.1 Å². The van der Waals surface area contributed by atoms with E-state index in [9.17, 15) is 14.0 Å². The second-order valence-electron chi connectivity index (χ2n) is 7.73. The smallest absolute Gasteiger partial charge is 0.230 e. The number of hydrogen-bond acceptors (Lipinski definition) is 6. The molecule has 0 bridgehead atoms. The molecule has 0 radical (unpaired) electrons. The molecule has 5 rings (SSSR count). The second-order valence-corrected chi connectivity index (χ2v) is 7.73. The highest BCUT2D eigenvalue weighted by Crippen LogP contribution is 2.34. The third-order valence-electron chi connectivity index (χ3n) is 5.53. The van der Waals surface area contributed by atoms with Gasteiger partial charge in [-0.3, -0.25) is 9.59 Å². The molecule has 4 aromatic rings. The van der Waals surface area contributed by atoms with Crippen molar-refractivity contribution in [3.8, 4) is 11.5 Å². The Morgan fingerprint density at radius 2 is 1.70 bits per heavy atom. The fourth-order valence-corrected chi connectivity index (χ4v) is 3.73. The maximum absolute atomic E-state index is 14.1. The highest BCUT2D eigenvalue weighted by molar-refractivity contribution is 6.15. The van der Waals surface area contributed by atoms with Crippen molar-refractivity contribution in [2.45, 2.75) is 6.92 Å². The van der Waals surface area contributed by atoms with Gasteiger partial charge in [-0.1, -0.05) is 24.3 Å². The number of Topliss-reactive ketones (excluding diaryl/α,β-unsaturated/α-hetero) is 1. The van der Waals surface area contributed by atoms with Crippen molar-refractivity contribution in [1.82, 2.24) is 0 Å². The molecule has 1 aliphatic heterocycles. The summed E-state index contributed by atoms with van der Waals surface area (Å²) in [6.07, 6.45) is 0. The predicted molar refractivity (Wildman–Crippen MR) is 121 cm³/mol. The molecule has 166 valence electrons. The number of carbonyl (C=O) groups is 2. The van der Waals surface area contributed by atoms with Crippen LogP contribution in [-0.2, 0) is 0 Å². The molecular formula is C26H20FNO5. The van der Waals surface area contributed by atoms with Crippen molar-refractivity contribution in [2.75, 3.05) is 25.1 Å². The molecule has 0 saturated heterocycles. The number of furan rings is 1. The number of benzene rings is 3. The van der Waals surface area contributed by atoms with Crippen molar-refractivity contribution >= 4 is 28.2 Å². The molecule has 33 heavy (non-hydrogen) atoms. The van der Waals surface area contributed by atoms with E-state index in [4.69, 9.17) is 13.9 Å². The Kier molecular flexibility index (Phi) is 5.30. The maximum Gasteiger partial charge on any atom is 0.230 e. The minimum atomic E-state index is -0.473. The first-order valence-electron chi connectivity index (χ1n) is 10.5. The summed E-state index contributed by atoms with van der Waals surface area (Å²) in [5.41, 5.74) is 1.94. The predicted octanol–water partition coefficient (Wildman–Crippen LogP) is 5.18. The molecule has 6 nitrogen and oxygen atoms in total. The van der Waals surface area contributed by atoms with Gasteiger partial charge in [0.1, 0.15) is 24.6 Å². The maximum atomic E-state index is 14.1. The number of nitrogens with one attached hydrogen (secondary N) is 1. The van der Waals surface area contributed by atoms with Crippen LogP contribution in [0.1, 0.15) is 32.0 Å². The molecule has 2 heterocycles. The van der Waals surface area contributed by atoms with Crippen LogP contribution in [0.25, 0.3) is 11.0 Å². The van der Waals surface area contributed by atoms with Crippen LogP contribution in [0.3, 0.4) is 0 Å². The van der Waals surface area contributed by atoms with E-state index in [0.717, 1.165) is 0 Å². The average molecular weight is 445 g/mol.